The van der Waals surface area contributed by atoms with Gasteiger partial charge in [-0.05, 0) is 50.1 Å². The monoisotopic (exact) mass is 289 g/mol. The maximum absolute atomic E-state index is 12.1. The second-order valence-electron chi connectivity index (χ2n) is 6.04. The highest BCUT2D eigenvalue weighted by atomic mass is 16.2. The minimum absolute atomic E-state index is 0.0870. The predicted molar refractivity (Wildman–Crippen MR) is 87.7 cm³/mol. The Bertz CT molecular complexity index is 459. The first-order valence-electron chi connectivity index (χ1n) is 7.89. The molecule has 0 atom stereocenters. The molecule has 21 heavy (non-hydrogen) atoms. The quantitative estimate of drug-likeness (QED) is 0.903. The van der Waals surface area contributed by atoms with Gasteiger partial charge in [-0.15, -0.1) is 0 Å². The summed E-state index contributed by atoms with van der Waals surface area (Å²) in [6.45, 7) is 12.1. The van der Waals surface area contributed by atoms with Crippen molar-refractivity contribution in [1.82, 2.24) is 9.80 Å². The van der Waals surface area contributed by atoms with Crippen LogP contribution in [0, 0.1) is 13.8 Å². The van der Waals surface area contributed by atoms with E-state index in [1.165, 1.54) is 24.1 Å². The van der Waals surface area contributed by atoms with Gasteiger partial charge in [-0.3, -0.25) is 9.69 Å². The predicted octanol–water partition coefficient (Wildman–Crippen LogP) is 2.27. The van der Waals surface area contributed by atoms with Crippen molar-refractivity contribution in [3.05, 3.63) is 29.3 Å². The molecule has 116 valence electrons. The average Bonchev–Trinajstić information content (AvgIpc) is 2.40. The number of nitrogens with one attached hydrogen (secondary N) is 1. The normalized spacial score (nSPS) is 16.9. The van der Waals surface area contributed by atoms with Crippen molar-refractivity contribution >= 4 is 11.6 Å². The minimum Gasteiger partial charge on any atom is -0.325 e. The lowest BCUT2D eigenvalue weighted by atomic mass is 10.1. The van der Waals surface area contributed by atoms with E-state index in [1.807, 2.05) is 12.1 Å². The van der Waals surface area contributed by atoms with Crippen LogP contribution in [-0.4, -0.2) is 55.0 Å². The number of aryl methyl sites for hydroxylation is 2. The van der Waals surface area contributed by atoms with E-state index in [-0.39, 0.29) is 5.91 Å². The molecule has 0 aliphatic carbocycles. The van der Waals surface area contributed by atoms with E-state index >= 15 is 0 Å². The first kappa shape index (κ1) is 16.0. The number of carbonyl (C=O) groups is 1. The number of nitrogens with zero attached hydrogens (tertiary/aromatic N) is 2. The first-order chi connectivity index (χ1) is 10.1. The van der Waals surface area contributed by atoms with Gasteiger partial charge in [0.1, 0.15) is 0 Å². The summed E-state index contributed by atoms with van der Waals surface area (Å²) < 4.78 is 0. The number of benzene rings is 1. The topological polar surface area (TPSA) is 35.6 Å². The molecule has 1 N–H and O–H groups in total. The van der Waals surface area contributed by atoms with Crippen molar-refractivity contribution in [2.24, 2.45) is 0 Å². The van der Waals surface area contributed by atoms with E-state index in [1.54, 1.807) is 0 Å². The fourth-order valence-electron chi connectivity index (χ4n) is 2.94. The minimum atomic E-state index is 0.0870. The third kappa shape index (κ3) is 5.14. The van der Waals surface area contributed by atoms with Crippen molar-refractivity contribution in [2.45, 2.75) is 27.2 Å². The third-order valence-electron chi connectivity index (χ3n) is 3.88. The van der Waals surface area contributed by atoms with Crippen LogP contribution in [0.4, 0.5) is 5.69 Å². The summed E-state index contributed by atoms with van der Waals surface area (Å²) in [5.41, 5.74) is 3.26. The van der Waals surface area contributed by atoms with Gasteiger partial charge in [-0.25, -0.2) is 0 Å². The van der Waals surface area contributed by atoms with Gasteiger partial charge < -0.3 is 10.2 Å². The van der Waals surface area contributed by atoms with E-state index in [9.17, 15) is 4.79 Å². The molecule has 1 aromatic rings. The van der Waals surface area contributed by atoms with Gasteiger partial charge in [0.05, 0.1) is 6.54 Å². The number of hydrogen-bond donors (Lipinski definition) is 1. The van der Waals surface area contributed by atoms with Crippen LogP contribution in [0.15, 0.2) is 18.2 Å². The Balaban J connectivity index is 1.80. The number of piperazine rings is 1. The SMILES string of the molecule is CCCN1CCN(CC(=O)Nc2cc(C)cc(C)c2)CC1. The van der Waals surface area contributed by atoms with Gasteiger partial charge in [-0.2, -0.15) is 0 Å². The van der Waals surface area contributed by atoms with Crippen LogP contribution in [0.3, 0.4) is 0 Å². The zero-order chi connectivity index (χ0) is 15.2. The Morgan fingerprint density at radius 3 is 2.19 bits per heavy atom. The Morgan fingerprint density at radius 1 is 1.05 bits per heavy atom. The third-order valence-corrected chi connectivity index (χ3v) is 3.88. The van der Waals surface area contributed by atoms with E-state index < -0.39 is 0 Å². The molecule has 1 aliphatic rings. The zero-order valence-electron chi connectivity index (χ0n) is 13.5. The van der Waals surface area contributed by atoms with Gasteiger partial charge in [0.2, 0.25) is 5.91 Å². The molecule has 1 saturated heterocycles. The molecule has 4 nitrogen and oxygen atoms in total. The maximum Gasteiger partial charge on any atom is 0.238 e. The summed E-state index contributed by atoms with van der Waals surface area (Å²) >= 11 is 0. The molecule has 1 aromatic carbocycles. The van der Waals surface area contributed by atoms with Gasteiger partial charge in [0.15, 0.2) is 0 Å². The summed E-state index contributed by atoms with van der Waals surface area (Å²) in [5, 5.41) is 3.01. The smallest absolute Gasteiger partial charge is 0.238 e. The molecule has 1 aliphatic heterocycles. The van der Waals surface area contributed by atoms with E-state index in [4.69, 9.17) is 0 Å². The molecule has 0 spiro atoms. The van der Waals surface area contributed by atoms with Crippen LogP contribution >= 0.6 is 0 Å². The van der Waals surface area contributed by atoms with Gasteiger partial charge in [-0.1, -0.05) is 13.0 Å². The number of rotatable bonds is 5. The lowest BCUT2D eigenvalue weighted by Crippen LogP contribution is -2.48. The van der Waals surface area contributed by atoms with Crippen molar-refractivity contribution < 1.29 is 4.79 Å². The van der Waals surface area contributed by atoms with Crippen molar-refractivity contribution in [2.75, 3.05) is 44.6 Å². The number of hydrogen-bond acceptors (Lipinski definition) is 3. The highest BCUT2D eigenvalue weighted by molar-refractivity contribution is 5.92. The molecule has 0 saturated carbocycles. The molecule has 0 aromatic heterocycles. The molecular weight excluding hydrogens is 262 g/mol. The zero-order valence-corrected chi connectivity index (χ0v) is 13.5. The van der Waals surface area contributed by atoms with E-state index in [0.29, 0.717) is 6.54 Å². The molecule has 2 rings (SSSR count). The van der Waals surface area contributed by atoms with Crippen LogP contribution in [0.5, 0.6) is 0 Å². The van der Waals surface area contributed by atoms with Crippen LogP contribution in [0.1, 0.15) is 24.5 Å². The molecule has 4 heteroatoms. The van der Waals surface area contributed by atoms with Crippen molar-refractivity contribution in [3.8, 4) is 0 Å². The molecule has 0 unspecified atom stereocenters. The van der Waals surface area contributed by atoms with E-state index in [0.717, 1.165) is 31.9 Å². The standard InChI is InChI=1S/C17H27N3O/c1-4-5-19-6-8-20(9-7-19)13-17(21)18-16-11-14(2)10-15(3)12-16/h10-12H,4-9,13H2,1-3H3,(H,18,21). The van der Waals surface area contributed by atoms with Crippen LogP contribution in [0.2, 0.25) is 0 Å². The molecule has 1 fully saturated rings. The molecule has 0 radical (unpaired) electrons. The fourth-order valence-corrected chi connectivity index (χ4v) is 2.94. The van der Waals surface area contributed by atoms with Gasteiger partial charge in [0, 0.05) is 31.9 Å². The van der Waals surface area contributed by atoms with E-state index in [2.05, 4.69) is 42.0 Å². The summed E-state index contributed by atoms with van der Waals surface area (Å²) in [6.07, 6.45) is 1.20. The Hall–Kier alpha value is -1.39. The van der Waals surface area contributed by atoms with Crippen molar-refractivity contribution in [3.63, 3.8) is 0 Å². The maximum atomic E-state index is 12.1. The second-order valence-corrected chi connectivity index (χ2v) is 6.04. The van der Waals surface area contributed by atoms with Crippen LogP contribution in [0.25, 0.3) is 0 Å². The lowest BCUT2D eigenvalue weighted by molar-refractivity contribution is -0.117. The highest BCUT2D eigenvalue weighted by Crippen LogP contribution is 2.13. The molecular formula is C17H27N3O. The highest BCUT2D eigenvalue weighted by Gasteiger charge is 2.18. The largest absolute Gasteiger partial charge is 0.325 e. The van der Waals surface area contributed by atoms with Crippen molar-refractivity contribution in [1.29, 1.82) is 0 Å². The Morgan fingerprint density at radius 2 is 1.62 bits per heavy atom. The summed E-state index contributed by atoms with van der Waals surface area (Å²) in [6, 6.07) is 6.15. The lowest BCUT2D eigenvalue weighted by Gasteiger charge is -2.34. The summed E-state index contributed by atoms with van der Waals surface area (Å²) in [4.78, 5) is 16.9. The number of carbonyl (C=O) groups excluding carboxylic acids is 1. The number of anilines is 1. The van der Waals surface area contributed by atoms with Gasteiger partial charge in [0.25, 0.3) is 0 Å². The average molecular weight is 289 g/mol. The van der Waals surface area contributed by atoms with Crippen LogP contribution < -0.4 is 5.32 Å². The molecule has 1 amide bonds. The fraction of sp³-hybridized carbons (Fsp3) is 0.588. The Kier molecular flexibility index (Phi) is 5.76. The van der Waals surface area contributed by atoms with Gasteiger partial charge >= 0.3 is 0 Å². The summed E-state index contributed by atoms with van der Waals surface area (Å²) in [7, 11) is 0. The second kappa shape index (κ2) is 7.57. The summed E-state index contributed by atoms with van der Waals surface area (Å²) in [5.74, 6) is 0.0870. The molecule has 0 bridgehead atoms. The number of amides is 1. The first-order valence-corrected chi connectivity index (χ1v) is 7.89. The Labute approximate surface area is 128 Å². The van der Waals surface area contributed by atoms with Crippen LogP contribution in [-0.2, 0) is 4.79 Å². The molecule has 1 heterocycles.